The number of hydrogen-bond donors (Lipinski definition) is 1. The lowest BCUT2D eigenvalue weighted by Crippen LogP contribution is -2.41. The summed E-state index contributed by atoms with van der Waals surface area (Å²) in [5.41, 5.74) is 2.78. The number of methoxy groups -OCH3 is 1. The van der Waals surface area contributed by atoms with Crippen molar-refractivity contribution in [3.63, 3.8) is 0 Å². The molecule has 3 aromatic rings. The molecule has 6 nitrogen and oxygen atoms in total. The molecule has 0 atom stereocenters. The van der Waals surface area contributed by atoms with Crippen molar-refractivity contribution in [2.75, 3.05) is 24.5 Å². The lowest BCUT2D eigenvalue weighted by molar-refractivity contribution is -0.119. The molecule has 0 heterocycles. The van der Waals surface area contributed by atoms with Crippen molar-refractivity contribution < 1.29 is 17.9 Å². The molecule has 0 radical (unpaired) electrons. The summed E-state index contributed by atoms with van der Waals surface area (Å²) >= 11 is 0. The number of carbonyl (C=O) groups is 1. The van der Waals surface area contributed by atoms with Crippen molar-refractivity contribution in [2.45, 2.75) is 24.7 Å². The molecule has 0 aromatic heterocycles. The number of ether oxygens (including phenoxy) is 1. The van der Waals surface area contributed by atoms with E-state index < -0.39 is 10.0 Å². The topological polar surface area (TPSA) is 75.7 Å². The monoisotopic (exact) mass is 452 g/mol. The minimum atomic E-state index is -3.94. The molecule has 1 N–H and O–H groups in total. The molecule has 1 amide bonds. The van der Waals surface area contributed by atoms with Gasteiger partial charge in [-0.15, -0.1) is 0 Å². The van der Waals surface area contributed by atoms with Gasteiger partial charge in [0.1, 0.15) is 12.3 Å². The lowest BCUT2D eigenvalue weighted by atomic mass is 10.1. The molecule has 3 rings (SSSR count). The average molecular weight is 453 g/mol. The van der Waals surface area contributed by atoms with Gasteiger partial charge in [-0.3, -0.25) is 9.10 Å². The van der Waals surface area contributed by atoms with Gasteiger partial charge < -0.3 is 10.1 Å². The van der Waals surface area contributed by atoms with Crippen molar-refractivity contribution >= 4 is 21.6 Å². The van der Waals surface area contributed by atoms with Crippen LogP contribution in [0.15, 0.2) is 83.8 Å². The number of hydrogen-bond acceptors (Lipinski definition) is 4. The predicted octanol–water partition coefficient (Wildman–Crippen LogP) is 3.95. The number of sulfonamides is 1. The van der Waals surface area contributed by atoms with Crippen molar-refractivity contribution in [1.82, 2.24) is 5.32 Å². The Morgan fingerprint density at radius 1 is 0.969 bits per heavy atom. The maximum absolute atomic E-state index is 13.3. The fraction of sp³-hybridized carbons (Fsp3) is 0.240. The van der Waals surface area contributed by atoms with Crippen LogP contribution in [0, 0.1) is 6.92 Å². The molecule has 0 aliphatic heterocycles. The Morgan fingerprint density at radius 2 is 1.72 bits per heavy atom. The van der Waals surface area contributed by atoms with Gasteiger partial charge >= 0.3 is 0 Å². The normalized spacial score (nSPS) is 11.1. The molecular weight excluding hydrogens is 424 g/mol. The Kier molecular flexibility index (Phi) is 7.89. The fourth-order valence-corrected chi connectivity index (χ4v) is 4.81. The molecule has 0 fully saturated rings. The summed E-state index contributed by atoms with van der Waals surface area (Å²) < 4.78 is 33.0. The molecule has 168 valence electrons. The van der Waals surface area contributed by atoms with Gasteiger partial charge in [-0.05, 0) is 49.6 Å². The predicted molar refractivity (Wildman–Crippen MR) is 126 cm³/mol. The summed E-state index contributed by atoms with van der Waals surface area (Å²) in [6.45, 7) is 2.19. The number of aryl methyl sites for hydroxylation is 2. The van der Waals surface area contributed by atoms with Crippen molar-refractivity contribution in [3.05, 3.63) is 90.0 Å². The first kappa shape index (κ1) is 23.3. The summed E-state index contributed by atoms with van der Waals surface area (Å²) in [6.07, 6.45) is 1.60. The Balaban J connectivity index is 1.71. The van der Waals surface area contributed by atoms with Crippen molar-refractivity contribution in [1.29, 1.82) is 0 Å². The Bertz CT molecular complexity index is 1150. The highest BCUT2D eigenvalue weighted by Crippen LogP contribution is 2.26. The van der Waals surface area contributed by atoms with Crippen LogP contribution in [0.4, 0.5) is 5.69 Å². The van der Waals surface area contributed by atoms with Gasteiger partial charge in [0.15, 0.2) is 0 Å². The molecular formula is C25H28N2O4S. The number of anilines is 1. The van der Waals surface area contributed by atoms with Gasteiger partial charge in [0.05, 0.1) is 17.7 Å². The average Bonchev–Trinajstić information content (AvgIpc) is 2.81. The molecule has 32 heavy (non-hydrogen) atoms. The van der Waals surface area contributed by atoms with E-state index in [9.17, 15) is 13.2 Å². The third kappa shape index (κ3) is 6.11. The number of amides is 1. The van der Waals surface area contributed by atoms with Crippen molar-refractivity contribution in [2.24, 2.45) is 0 Å². The van der Waals surface area contributed by atoms with E-state index in [4.69, 9.17) is 4.74 Å². The molecule has 0 aliphatic rings. The van der Waals surface area contributed by atoms with E-state index in [0.29, 0.717) is 18.0 Å². The zero-order chi connectivity index (χ0) is 23.0. The maximum atomic E-state index is 13.3. The molecule has 0 bridgehead atoms. The van der Waals surface area contributed by atoms with Crippen LogP contribution in [-0.4, -0.2) is 34.5 Å². The largest absolute Gasteiger partial charge is 0.497 e. The van der Waals surface area contributed by atoms with Crippen LogP contribution in [0.2, 0.25) is 0 Å². The number of benzene rings is 3. The van der Waals surface area contributed by atoms with Crippen LogP contribution in [0.5, 0.6) is 5.75 Å². The third-order valence-corrected chi connectivity index (χ3v) is 6.79. The number of carbonyl (C=O) groups excluding carboxylic acids is 1. The van der Waals surface area contributed by atoms with Gasteiger partial charge in [0, 0.05) is 12.6 Å². The fourth-order valence-electron chi connectivity index (χ4n) is 3.37. The second-order valence-electron chi connectivity index (χ2n) is 7.47. The highest BCUT2D eigenvalue weighted by atomic mass is 32.2. The first-order valence-corrected chi connectivity index (χ1v) is 11.9. The Labute approximate surface area is 189 Å². The van der Waals surface area contributed by atoms with Crippen molar-refractivity contribution in [3.8, 4) is 5.75 Å². The van der Waals surface area contributed by atoms with Gasteiger partial charge in [-0.1, -0.05) is 54.1 Å². The van der Waals surface area contributed by atoms with Crippen LogP contribution < -0.4 is 14.4 Å². The molecule has 7 heteroatoms. The minimum Gasteiger partial charge on any atom is -0.497 e. The molecule has 0 spiro atoms. The van der Waals surface area contributed by atoms with E-state index >= 15 is 0 Å². The molecule has 3 aromatic carbocycles. The molecule has 0 aliphatic carbocycles. The number of nitrogens with one attached hydrogen (secondary N) is 1. The molecule has 0 saturated heterocycles. The first-order valence-electron chi connectivity index (χ1n) is 10.4. The van der Waals surface area contributed by atoms with Crippen LogP contribution >= 0.6 is 0 Å². The lowest BCUT2D eigenvalue weighted by Gasteiger charge is -2.24. The van der Waals surface area contributed by atoms with E-state index in [1.54, 1.807) is 42.5 Å². The standard InChI is InChI=1S/C25H28N2O4S/c1-20-9-6-10-21(17-20)11-8-16-26-25(28)19-27(22-12-7-13-23(18-22)31-2)32(29,30)24-14-4-3-5-15-24/h3-7,9-10,12-15,17-18H,8,11,16,19H2,1-2H3,(H,26,28). The summed E-state index contributed by atoms with van der Waals surface area (Å²) in [4.78, 5) is 12.8. The third-order valence-electron chi connectivity index (χ3n) is 5.01. The summed E-state index contributed by atoms with van der Waals surface area (Å²) in [7, 11) is -2.43. The van der Waals surface area contributed by atoms with Gasteiger partial charge in [0.25, 0.3) is 10.0 Å². The summed E-state index contributed by atoms with van der Waals surface area (Å²) in [5, 5.41) is 2.84. The molecule has 0 saturated carbocycles. The first-order chi connectivity index (χ1) is 15.4. The number of rotatable bonds is 10. The van der Waals surface area contributed by atoms with Gasteiger partial charge in [-0.25, -0.2) is 8.42 Å². The van der Waals surface area contributed by atoms with Crippen LogP contribution in [0.3, 0.4) is 0 Å². The Morgan fingerprint density at radius 3 is 2.44 bits per heavy atom. The number of nitrogens with zero attached hydrogens (tertiary/aromatic N) is 1. The van der Waals surface area contributed by atoms with Gasteiger partial charge in [-0.2, -0.15) is 0 Å². The zero-order valence-electron chi connectivity index (χ0n) is 18.3. The quantitative estimate of drug-likeness (QED) is 0.473. The second-order valence-corrected chi connectivity index (χ2v) is 9.33. The van der Waals surface area contributed by atoms with E-state index in [1.165, 1.54) is 30.4 Å². The van der Waals surface area contributed by atoms with Crippen LogP contribution in [0.1, 0.15) is 17.5 Å². The zero-order valence-corrected chi connectivity index (χ0v) is 19.1. The summed E-state index contributed by atoms with van der Waals surface area (Å²) in [6, 6.07) is 23.0. The second kappa shape index (κ2) is 10.8. The molecule has 0 unspecified atom stereocenters. The smallest absolute Gasteiger partial charge is 0.264 e. The highest BCUT2D eigenvalue weighted by Gasteiger charge is 2.27. The van der Waals surface area contributed by atoms with E-state index in [2.05, 4.69) is 17.4 Å². The maximum Gasteiger partial charge on any atom is 0.264 e. The minimum absolute atomic E-state index is 0.120. The SMILES string of the molecule is COc1cccc(N(CC(=O)NCCCc2cccc(C)c2)S(=O)(=O)c2ccccc2)c1. The van der Waals surface area contributed by atoms with E-state index in [0.717, 1.165) is 17.1 Å². The highest BCUT2D eigenvalue weighted by molar-refractivity contribution is 7.92. The van der Waals surface area contributed by atoms with E-state index in [1.807, 2.05) is 19.1 Å². The van der Waals surface area contributed by atoms with Gasteiger partial charge in [0.2, 0.25) is 5.91 Å². The Hall–Kier alpha value is -3.32. The van der Waals surface area contributed by atoms with Crippen LogP contribution in [-0.2, 0) is 21.2 Å². The summed E-state index contributed by atoms with van der Waals surface area (Å²) in [5.74, 6) is 0.144. The van der Waals surface area contributed by atoms with E-state index in [-0.39, 0.29) is 17.3 Å². The van der Waals surface area contributed by atoms with Crippen LogP contribution in [0.25, 0.3) is 0 Å².